The van der Waals surface area contributed by atoms with Crippen LogP contribution in [0.2, 0.25) is 0 Å². The maximum absolute atomic E-state index is 11.7. The van der Waals surface area contributed by atoms with Crippen LogP contribution in [-0.2, 0) is 0 Å². The highest BCUT2D eigenvalue weighted by molar-refractivity contribution is 5.94. The summed E-state index contributed by atoms with van der Waals surface area (Å²) < 4.78 is 0. The van der Waals surface area contributed by atoms with Gasteiger partial charge in [0, 0.05) is 10.9 Å². The predicted octanol–water partition coefficient (Wildman–Crippen LogP) is 2.29. The first-order valence-electron chi connectivity index (χ1n) is 5.98. The quantitative estimate of drug-likeness (QED) is 0.745. The third-order valence-corrected chi connectivity index (χ3v) is 3.10. The van der Waals surface area contributed by atoms with Crippen molar-refractivity contribution < 1.29 is 9.90 Å². The summed E-state index contributed by atoms with van der Waals surface area (Å²) in [6.45, 7) is 0. The van der Waals surface area contributed by atoms with E-state index < -0.39 is 5.97 Å². The Kier molecular flexibility index (Phi) is 2.80. The van der Waals surface area contributed by atoms with Crippen molar-refractivity contribution in [2.75, 3.05) is 0 Å². The van der Waals surface area contributed by atoms with E-state index in [4.69, 9.17) is 5.11 Å². The topological polar surface area (TPSA) is 83.0 Å². The highest BCUT2D eigenvalue weighted by Gasteiger charge is 2.09. The molecule has 98 valence electrons. The van der Waals surface area contributed by atoms with E-state index in [-0.39, 0.29) is 11.1 Å². The van der Waals surface area contributed by atoms with Crippen LogP contribution in [0.25, 0.3) is 22.0 Å². The number of carboxylic acid groups (broad SMARTS) is 1. The SMILES string of the molecule is O=C(O)c1ccc(-c2n[nH]c(=O)c3ccccc23)cc1. The molecule has 0 amide bonds. The molecule has 5 nitrogen and oxygen atoms in total. The van der Waals surface area contributed by atoms with Crippen LogP contribution < -0.4 is 5.56 Å². The average Bonchev–Trinajstić information content (AvgIpc) is 2.48. The molecule has 0 saturated carbocycles. The first-order valence-corrected chi connectivity index (χ1v) is 5.98. The molecule has 0 aliphatic carbocycles. The van der Waals surface area contributed by atoms with Gasteiger partial charge in [-0.1, -0.05) is 30.3 Å². The van der Waals surface area contributed by atoms with Gasteiger partial charge in [-0.3, -0.25) is 4.79 Å². The van der Waals surface area contributed by atoms with Gasteiger partial charge in [0.1, 0.15) is 0 Å². The highest BCUT2D eigenvalue weighted by atomic mass is 16.4. The van der Waals surface area contributed by atoms with Crippen LogP contribution in [0.4, 0.5) is 0 Å². The normalized spacial score (nSPS) is 10.6. The van der Waals surface area contributed by atoms with Crippen molar-refractivity contribution in [3.63, 3.8) is 0 Å². The van der Waals surface area contributed by atoms with Gasteiger partial charge in [0.05, 0.1) is 16.6 Å². The molecule has 0 aliphatic rings. The number of carbonyl (C=O) groups is 1. The van der Waals surface area contributed by atoms with Crippen LogP contribution >= 0.6 is 0 Å². The molecule has 0 aliphatic heterocycles. The molecule has 1 heterocycles. The zero-order valence-electron chi connectivity index (χ0n) is 10.3. The number of aromatic amines is 1. The van der Waals surface area contributed by atoms with Gasteiger partial charge >= 0.3 is 5.97 Å². The van der Waals surface area contributed by atoms with E-state index >= 15 is 0 Å². The summed E-state index contributed by atoms with van der Waals surface area (Å²) in [5, 5.41) is 16.7. The largest absolute Gasteiger partial charge is 0.478 e. The monoisotopic (exact) mass is 266 g/mol. The number of hydrogen-bond acceptors (Lipinski definition) is 3. The number of fused-ring (bicyclic) bond motifs is 1. The molecule has 3 rings (SSSR count). The van der Waals surface area contributed by atoms with E-state index in [1.54, 1.807) is 24.3 Å². The van der Waals surface area contributed by atoms with Crippen molar-refractivity contribution in [1.29, 1.82) is 0 Å². The molecule has 1 aromatic heterocycles. The van der Waals surface area contributed by atoms with Gasteiger partial charge in [-0.15, -0.1) is 0 Å². The fraction of sp³-hybridized carbons (Fsp3) is 0. The number of H-pyrrole nitrogens is 1. The Morgan fingerprint density at radius 3 is 2.30 bits per heavy atom. The lowest BCUT2D eigenvalue weighted by molar-refractivity contribution is 0.0697. The second-order valence-corrected chi connectivity index (χ2v) is 4.33. The predicted molar refractivity (Wildman–Crippen MR) is 74.8 cm³/mol. The lowest BCUT2D eigenvalue weighted by Gasteiger charge is -2.05. The Labute approximate surface area is 113 Å². The Bertz CT molecular complexity index is 851. The first kappa shape index (κ1) is 12.1. The number of nitrogens with one attached hydrogen (secondary N) is 1. The van der Waals surface area contributed by atoms with E-state index in [1.165, 1.54) is 12.1 Å². The molecule has 0 atom stereocenters. The number of hydrogen-bond donors (Lipinski definition) is 2. The summed E-state index contributed by atoms with van der Waals surface area (Å²) in [6.07, 6.45) is 0. The Balaban J connectivity index is 2.22. The smallest absolute Gasteiger partial charge is 0.335 e. The van der Waals surface area contributed by atoms with Crippen molar-refractivity contribution in [1.82, 2.24) is 10.2 Å². The minimum atomic E-state index is -0.976. The molecule has 0 spiro atoms. The number of carboxylic acids is 1. The van der Waals surface area contributed by atoms with Crippen molar-refractivity contribution in [3.8, 4) is 11.3 Å². The standard InChI is InChI=1S/C15H10N2O3/c18-14-12-4-2-1-3-11(12)13(16-17-14)9-5-7-10(8-6-9)15(19)20/h1-8H,(H,17,18)(H,19,20). The van der Waals surface area contributed by atoms with Crippen LogP contribution in [0.15, 0.2) is 53.3 Å². The third kappa shape index (κ3) is 1.95. The van der Waals surface area contributed by atoms with Gasteiger partial charge < -0.3 is 5.11 Å². The van der Waals surface area contributed by atoms with Crippen molar-refractivity contribution in [2.45, 2.75) is 0 Å². The molecule has 2 N–H and O–H groups in total. The summed E-state index contributed by atoms with van der Waals surface area (Å²) in [6, 6.07) is 13.5. The maximum atomic E-state index is 11.7. The third-order valence-electron chi connectivity index (χ3n) is 3.10. The van der Waals surface area contributed by atoms with E-state index in [0.29, 0.717) is 11.1 Å². The lowest BCUT2D eigenvalue weighted by atomic mass is 10.0. The van der Waals surface area contributed by atoms with Gasteiger partial charge in [-0.05, 0) is 18.2 Å². The van der Waals surface area contributed by atoms with Crippen molar-refractivity contribution >= 4 is 16.7 Å². The Hall–Kier alpha value is -2.95. The number of rotatable bonds is 2. The van der Waals surface area contributed by atoms with Crippen LogP contribution in [0.3, 0.4) is 0 Å². The molecule has 5 heteroatoms. The number of aromatic carboxylic acids is 1. The van der Waals surface area contributed by atoms with Crippen LogP contribution in [0, 0.1) is 0 Å². The number of nitrogens with zero attached hydrogens (tertiary/aromatic N) is 1. The molecular formula is C15H10N2O3. The van der Waals surface area contributed by atoms with Gasteiger partial charge in [0.2, 0.25) is 0 Å². The second kappa shape index (κ2) is 4.62. The average molecular weight is 266 g/mol. The second-order valence-electron chi connectivity index (χ2n) is 4.33. The minimum absolute atomic E-state index is 0.211. The van der Waals surface area contributed by atoms with E-state index in [0.717, 1.165) is 10.9 Å². The Morgan fingerprint density at radius 2 is 1.65 bits per heavy atom. The highest BCUT2D eigenvalue weighted by Crippen LogP contribution is 2.24. The van der Waals surface area contributed by atoms with Gasteiger partial charge in [0.15, 0.2) is 0 Å². The molecule has 3 aromatic rings. The number of aromatic nitrogens is 2. The minimum Gasteiger partial charge on any atom is -0.478 e. The molecule has 0 saturated heterocycles. The summed E-state index contributed by atoms with van der Waals surface area (Å²) >= 11 is 0. The first-order chi connectivity index (χ1) is 9.66. The zero-order valence-corrected chi connectivity index (χ0v) is 10.3. The van der Waals surface area contributed by atoms with Crippen molar-refractivity contribution in [2.24, 2.45) is 0 Å². The fourth-order valence-electron chi connectivity index (χ4n) is 2.11. The Morgan fingerprint density at radius 1 is 1.00 bits per heavy atom. The summed E-state index contributed by atoms with van der Waals surface area (Å²) in [4.78, 5) is 22.6. The molecular weight excluding hydrogens is 256 g/mol. The van der Waals surface area contributed by atoms with E-state index in [1.807, 2.05) is 12.1 Å². The van der Waals surface area contributed by atoms with Crippen molar-refractivity contribution in [3.05, 3.63) is 64.4 Å². The van der Waals surface area contributed by atoms with E-state index in [2.05, 4.69) is 10.2 Å². The van der Waals surface area contributed by atoms with Gasteiger partial charge in [-0.2, -0.15) is 5.10 Å². The molecule has 0 bridgehead atoms. The lowest BCUT2D eigenvalue weighted by Crippen LogP contribution is -2.09. The molecule has 0 radical (unpaired) electrons. The van der Waals surface area contributed by atoms with Gasteiger partial charge in [-0.25, -0.2) is 9.89 Å². The van der Waals surface area contributed by atoms with Crippen LogP contribution in [0.1, 0.15) is 10.4 Å². The maximum Gasteiger partial charge on any atom is 0.335 e. The number of benzene rings is 2. The van der Waals surface area contributed by atoms with Crippen LogP contribution in [-0.4, -0.2) is 21.3 Å². The molecule has 20 heavy (non-hydrogen) atoms. The molecule has 2 aromatic carbocycles. The summed E-state index contributed by atoms with van der Waals surface area (Å²) in [5.41, 5.74) is 1.34. The molecule has 0 unspecified atom stereocenters. The summed E-state index contributed by atoms with van der Waals surface area (Å²) in [7, 11) is 0. The zero-order chi connectivity index (χ0) is 14.1. The van der Waals surface area contributed by atoms with Crippen LogP contribution in [0.5, 0.6) is 0 Å². The molecule has 0 fully saturated rings. The van der Waals surface area contributed by atoms with Gasteiger partial charge in [0.25, 0.3) is 5.56 Å². The summed E-state index contributed by atoms with van der Waals surface area (Å²) in [5.74, 6) is -0.976. The van der Waals surface area contributed by atoms with E-state index in [9.17, 15) is 9.59 Å². The fourth-order valence-corrected chi connectivity index (χ4v) is 2.11.